The van der Waals surface area contributed by atoms with E-state index in [-0.39, 0.29) is 17.4 Å². The summed E-state index contributed by atoms with van der Waals surface area (Å²) in [7, 11) is -15.3. The third kappa shape index (κ3) is 6.65. The first-order valence-corrected chi connectivity index (χ1v) is 14.1. The molecule has 0 aromatic heterocycles. The molecule has 16 nitrogen and oxygen atoms in total. The van der Waals surface area contributed by atoms with Crippen molar-refractivity contribution < 1.29 is 49.1 Å². The number of rotatable bonds is 8. The molecule has 0 spiro atoms. The summed E-state index contributed by atoms with van der Waals surface area (Å²) in [6.45, 7) is 0. The number of hydrogen-bond donors (Lipinski definition) is 6. The van der Waals surface area contributed by atoms with Gasteiger partial charge in [-0.05, 0) is 36.4 Å². The van der Waals surface area contributed by atoms with E-state index in [0.717, 1.165) is 12.1 Å². The van der Waals surface area contributed by atoms with Gasteiger partial charge in [0.25, 0.3) is 30.4 Å². The molecule has 202 valence electrons. The molecule has 0 fully saturated rings. The number of phenols is 2. The molecular weight excluding hydrogens is 570 g/mol. The lowest BCUT2D eigenvalue weighted by Crippen LogP contribution is -2.07. The molecule has 3 rings (SSSR count). The molecule has 0 aliphatic heterocycles. The fourth-order valence-electron chi connectivity index (χ4n) is 2.91. The molecule has 0 amide bonds. The Morgan fingerprint density at radius 3 is 1.79 bits per heavy atom. The summed E-state index contributed by atoms with van der Waals surface area (Å²) in [5.41, 5.74) is 4.09. The number of hydrogen-bond acceptors (Lipinski definition) is 13. The zero-order valence-corrected chi connectivity index (χ0v) is 21.0. The lowest BCUT2D eigenvalue weighted by atomic mass is 10.1. The van der Waals surface area contributed by atoms with Crippen molar-refractivity contribution in [1.82, 2.24) is 0 Å². The molecule has 0 saturated carbocycles. The standard InChI is InChI=1S/C19H17N5O11S3/c20-10-6-14(18(26)15(7-10)37(30,31)32)22-24-19(23-21-11-4-2-1-3-5-11)13-8-12(36(27,28)29)9-16(17(13)25)38(33,34)35/h1-9,19,25-26H,20H2,(H,27,28,29)(H,30,31,32)(H,33,34,35). The van der Waals surface area contributed by atoms with Crippen LogP contribution in [0.25, 0.3) is 0 Å². The van der Waals surface area contributed by atoms with E-state index in [1.165, 1.54) is 12.1 Å². The van der Waals surface area contributed by atoms with Crippen LogP contribution in [0.4, 0.5) is 17.1 Å². The molecule has 19 heteroatoms. The monoisotopic (exact) mass is 587 g/mol. The summed E-state index contributed by atoms with van der Waals surface area (Å²) in [5, 5.41) is 35.6. The zero-order valence-electron chi connectivity index (χ0n) is 18.6. The second-order valence-corrected chi connectivity index (χ2v) is 11.5. The van der Waals surface area contributed by atoms with Gasteiger partial charge < -0.3 is 15.9 Å². The van der Waals surface area contributed by atoms with Gasteiger partial charge in [0.15, 0.2) is 5.75 Å². The second-order valence-electron chi connectivity index (χ2n) is 7.31. The van der Waals surface area contributed by atoms with Gasteiger partial charge in [-0.2, -0.15) is 40.6 Å². The summed E-state index contributed by atoms with van der Waals surface area (Å²) in [6, 6.07) is 10.2. The van der Waals surface area contributed by atoms with Crippen molar-refractivity contribution in [3.8, 4) is 11.5 Å². The van der Waals surface area contributed by atoms with E-state index >= 15 is 0 Å². The highest BCUT2D eigenvalue weighted by Crippen LogP contribution is 2.40. The van der Waals surface area contributed by atoms with Gasteiger partial charge in [0.2, 0.25) is 6.17 Å². The number of nitrogens with two attached hydrogens (primary N) is 1. The van der Waals surface area contributed by atoms with Crippen molar-refractivity contribution in [3.05, 3.63) is 60.2 Å². The van der Waals surface area contributed by atoms with Crippen LogP contribution in [0.3, 0.4) is 0 Å². The van der Waals surface area contributed by atoms with Gasteiger partial charge in [-0.3, -0.25) is 13.7 Å². The zero-order chi connectivity index (χ0) is 28.5. The van der Waals surface area contributed by atoms with E-state index in [1.807, 2.05) is 0 Å². The maximum Gasteiger partial charge on any atom is 0.298 e. The van der Waals surface area contributed by atoms with E-state index in [0.29, 0.717) is 6.07 Å². The normalized spacial score (nSPS) is 13.8. The minimum absolute atomic E-state index is 0.202. The first-order valence-electron chi connectivity index (χ1n) is 9.77. The van der Waals surface area contributed by atoms with Crippen LogP contribution in [0.5, 0.6) is 11.5 Å². The highest BCUT2D eigenvalue weighted by atomic mass is 32.2. The first-order chi connectivity index (χ1) is 17.5. The summed E-state index contributed by atoms with van der Waals surface area (Å²) in [5.74, 6) is -2.34. The van der Waals surface area contributed by atoms with Gasteiger partial charge in [-0.15, -0.1) is 5.11 Å². The molecule has 0 saturated heterocycles. The predicted molar refractivity (Wildman–Crippen MR) is 128 cm³/mol. The van der Waals surface area contributed by atoms with E-state index in [1.54, 1.807) is 18.2 Å². The Bertz CT molecular complexity index is 1770. The quantitative estimate of drug-likeness (QED) is 0.0959. The van der Waals surface area contributed by atoms with Crippen molar-refractivity contribution in [2.75, 3.05) is 5.73 Å². The van der Waals surface area contributed by atoms with Crippen molar-refractivity contribution in [2.45, 2.75) is 20.9 Å². The highest BCUT2D eigenvalue weighted by Gasteiger charge is 2.28. The fourth-order valence-corrected chi connectivity index (χ4v) is 4.80. The molecule has 3 aromatic carbocycles. The van der Waals surface area contributed by atoms with Gasteiger partial charge in [-0.1, -0.05) is 18.2 Å². The number of aromatic hydroxyl groups is 2. The minimum atomic E-state index is -5.26. The van der Waals surface area contributed by atoms with Crippen LogP contribution in [0, 0.1) is 0 Å². The highest BCUT2D eigenvalue weighted by molar-refractivity contribution is 7.86. The fraction of sp³-hybridized carbons (Fsp3) is 0.0526. The molecule has 0 aliphatic rings. The van der Waals surface area contributed by atoms with E-state index in [9.17, 15) is 49.1 Å². The number of anilines is 1. The minimum Gasteiger partial charge on any atom is -0.506 e. The molecule has 1 atom stereocenters. The van der Waals surface area contributed by atoms with Crippen LogP contribution in [0.1, 0.15) is 11.7 Å². The molecule has 0 bridgehead atoms. The van der Waals surface area contributed by atoms with Crippen LogP contribution in [0.15, 0.2) is 89.7 Å². The third-order valence-corrected chi connectivity index (χ3v) is 7.17. The van der Waals surface area contributed by atoms with Gasteiger partial charge in [-0.25, -0.2) is 0 Å². The van der Waals surface area contributed by atoms with E-state index in [4.69, 9.17) is 5.73 Å². The summed E-state index contributed by atoms with van der Waals surface area (Å²) < 4.78 is 98.2. The number of phenolic OH excluding ortho intramolecular Hbond substituents is 2. The van der Waals surface area contributed by atoms with Gasteiger partial charge in [0, 0.05) is 11.3 Å². The molecule has 38 heavy (non-hydrogen) atoms. The lowest BCUT2D eigenvalue weighted by Gasteiger charge is -2.13. The number of nitrogens with zero attached hydrogens (tertiary/aromatic N) is 4. The topological polar surface area (TPSA) is 279 Å². The maximum absolute atomic E-state index is 11.8. The molecule has 3 aromatic rings. The third-order valence-electron chi connectivity index (χ3n) is 4.60. The number of benzene rings is 3. The van der Waals surface area contributed by atoms with E-state index < -0.39 is 74.0 Å². The van der Waals surface area contributed by atoms with Crippen molar-refractivity contribution in [3.63, 3.8) is 0 Å². The van der Waals surface area contributed by atoms with E-state index in [2.05, 4.69) is 20.5 Å². The Morgan fingerprint density at radius 2 is 1.24 bits per heavy atom. The Hall–Kier alpha value is -4.01. The summed E-state index contributed by atoms with van der Waals surface area (Å²) in [6.07, 6.45) is -1.92. The van der Waals surface area contributed by atoms with Gasteiger partial charge >= 0.3 is 0 Å². The molecule has 7 N–H and O–H groups in total. The molecule has 0 aliphatic carbocycles. The van der Waals surface area contributed by atoms with Gasteiger partial charge in [0.1, 0.15) is 21.2 Å². The first kappa shape index (κ1) is 28.6. The maximum atomic E-state index is 11.8. The molecule has 1 unspecified atom stereocenters. The van der Waals surface area contributed by atoms with Crippen LogP contribution in [-0.2, 0) is 30.4 Å². The van der Waals surface area contributed by atoms with Crippen molar-refractivity contribution in [1.29, 1.82) is 0 Å². The van der Waals surface area contributed by atoms with Crippen molar-refractivity contribution in [2.24, 2.45) is 20.5 Å². The predicted octanol–water partition coefficient (Wildman–Crippen LogP) is 2.99. The van der Waals surface area contributed by atoms with Crippen molar-refractivity contribution >= 4 is 47.4 Å². The average molecular weight is 588 g/mol. The Kier molecular flexibility index (Phi) is 7.81. The lowest BCUT2D eigenvalue weighted by molar-refractivity contribution is 0.430. The van der Waals surface area contributed by atoms with Crippen LogP contribution < -0.4 is 5.73 Å². The molecule has 0 radical (unpaired) electrons. The Balaban J connectivity index is 2.29. The Morgan fingerprint density at radius 1 is 0.684 bits per heavy atom. The average Bonchev–Trinajstić information content (AvgIpc) is 2.80. The Labute approximate surface area is 215 Å². The largest absolute Gasteiger partial charge is 0.506 e. The van der Waals surface area contributed by atoms with Crippen LogP contribution >= 0.6 is 0 Å². The summed E-state index contributed by atoms with van der Waals surface area (Å²) in [4.78, 5) is -3.45. The van der Waals surface area contributed by atoms with Crippen LogP contribution in [-0.4, -0.2) is 49.1 Å². The smallest absolute Gasteiger partial charge is 0.298 e. The number of azo groups is 2. The van der Waals surface area contributed by atoms with Gasteiger partial charge in [0.05, 0.1) is 10.6 Å². The number of nitrogen functional groups attached to an aromatic ring is 1. The molecule has 0 heterocycles. The SMILES string of the molecule is Nc1cc(N=NC(N=Nc2ccccc2)c2cc(S(=O)(=O)O)cc(S(=O)(=O)O)c2O)c(O)c(S(=O)(=O)O)c1. The van der Waals surface area contributed by atoms with Crippen LogP contribution in [0.2, 0.25) is 0 Å². The second kappa shape index (κ2) is 10.4. The molecular formula is C19H17N5O11S3. The summed E-state index contributed by atoms with van der Waals surface area (Å²) >= 11 is 0.